The zero-order valence-electron chi connectivity index (χ0n) is 20.0. The Balaban J connectivity index is 1.51. The summed E-state index contributed by atoms with van der Waals surface area (Å²) in [6, 6.07) is 6.53. The van der Waals surface area contributed by atoms with Gasteiger partial charge in [-0.2, -0.15) is 4.99 Å². The first kappa shape index (κ1) is 25.7. The Hall–Kier alpha value is -2.88. The standard InChI is InChI=1S/C24H33N5O4S/c1-4-28(15-21(31)25-16(2)3)23(33)17-8-10-18(11-9-17)26-20(30)14-19-22(32)27-24(34-19)29-12-6-5-7-13-29/h8-11,16,19H,4-7,12-15H2,1-3H3,(H,25,31)(H,26,30). The predicted molar refractivity (Wildman–Crippen MR) is 134 cm³/mol. The SMILES string of the molecule is CCN(CC(=O)NC(C)C)C(=O)c1ccc(NC(=O)CC2SC(N3CCCCC3)=NC2=O)cc1. The fourth-order valence-corrected chi connectivity index (χ4v) is 4.97. The first-order valence-electron chi connectivity index (χ1n) is 11.8. The number of amides is 4. The second kappa shape index (κ2) is 12.0. The van der Waals surface area contributed by atoms with Crippen molar-refractivity contribution < 1.29 is 19.2 Å². The number of likely N-dealkylation sites (N-methyl/N-ethyl adjacent to an activating group) is 1. The Labute approximate surface area is 204 Å². The van der Waals surface area contributed by atoms with Crippen LogP contribution in [-0.2, 0) is 14.4 Å². The van der Waals surface area contributed by atoms with Gasteiger partial charge in [-0.25, -0.2) is 0 Å². The summed E-state index contributed by atoms with van der Waals surface area (Å²) in [5, 5.41) is 5.79. The molecule has 2 aliphatic heterocycles. The topological polar surface area (TPSA) is 111 Å². The highest BCUT2D eigenvalue weighted by Gasteiger charge is 2.33. The van der Waals surface area contributed by atoms with Gasteiger partial charge < -0.3 is 20.4 Å². The molecule has 9 nitrogen and oxygen atoms in total. The van der Waals surface area contributed by atoms with Crippen molar-refractivity contribution in [3.63, 3.8) is 0 Å². The van der Waals surface area contributed by atoms with Crippen LogP contribution >= 0.6 is 11.8 Å². The van der Waals surface area contributed by atoms with Crippen molar-refractivity contribution in [3.05, 3.63) is 29.8 Å². The Morgan fingerprint density at radius 3 is 2.41 bits per heavy atom. The van der Waals surface area contributed by atoms with E-state index in [9.17, 15) is 19.2 Å². The van der Waals surface area contributed by atoms with E-state index in [1.165, 1.54) is 23.1 Å². The molecule has 10 heteroatoms. The number of rotatable bonds is 8. The molecule has 1 aromatic carbocycles. The minimum absolute atomic E-state index is 0.00467. The van der Waals surface area contributed by atoms with Gasteiger partial charge in [0.1, 0.15) is 5.25 Å². The second-order valence-corrected chi connectivity index (χ2v) is 9.93. The molecule has 3 rings (SSSR count). The maximum absolute atomic E-state index is 12.8. The number of benzene rings is 1. The van der Waals surface area contributed by atoms with Crippen LogP contribution in [0.3, 0.4) is 0 Å². The number of carbonyl (C=O) groups is 4. The van der Waals surface area contributed by atoms with E-state index in [0.717, 1.165) is 31.1 Å². The molecule has 2 aliphatic rings. The first-order valence-corrected chi connectivity index (χ1v) is 12.7. The van der Waals surface area contributed by atoms with E-state index in [0.29, 0.717) is 17.8 Å². The van der Waals surface area contributed by atoms with Crippen molar-refractivity contribution in [2.75, 3.05) is 31.5 Å². The first-order chi connectivity index (χ1) is 16.3. The van der Waals surface area contributed by atoms with E-state index in [-0.39, 0.29) is 42.6 Å². The van der Waals surface area contributed by atoms with Crippen LogP contribution < -0.4 is 10.6 Å². The van der Waals surface area contributed by atoms with Crippen LogP contribution in [0.25, 0.3) is 0 Å². The molecule has 1 unspecified atom stereocenters. The van der Waals surface area contributed by atoms with Crippen LogP contribution in [0.5, 0.6) is 0 Å². The van der Waals surface area contributed by atoms with E-state index >= 15 is 0 Å². The fraction of sp³-hybridized carbons (Fsp3) is 0.542. The number of likely N-dealkylation sites (tertiary alicyclic amines) is 1. The van der Waals surface area contributed by atoms with E-state index in [2.05, 4.69) is 20.5 Å². The van der Waals surface area contributed by atoms with Crippen molar-refractivity contribution in [1.82, 2.24) is 15.1 Å². The van der Waals surface area contributed by atoms with Gasteiger partial charge >= 0.3 is 0 Å². The molecule has 0 saturated carbocycles. The van der Waals surface area contributed by atoms with Crippen molar-refractivity contribution in [1.29, 1.82) is 0 Å². The minimum atomic E-state index is -0.507. The van der Waals surface area contributed by atoms with Crippen molar-refractivity contribution in [2.45, 2.75) is 57.7 Å². The number of hydrogen-bond acceptors (Lipinski definition) is 6. The molecule has 34 heavy (non-hydrogen) atoms. The number of nitrogens with zero attached hydrogens (tertiary/aromatic N) is 3. The molecule has 0 aromatic heterocycles. The normalized spacial score (nSPS) is 18.0. The van der Waals surface area contributed by atoms with Crippen LogP contribution in [-0.4, -0.2) is 76.1 Å². The third-order valence-corrected chi connectivity index (χ3v) is 6.81. The highest BCUT2D eigenvalue weighted by atomic mass is 32.2. The smallest absolute Gasteiger partial charge is 0.262 e. The van der Waals surface area contributed by atoms with E-state index < -0.39 is 5.25 Å². The van der Waals surface area contributed by atoms with Gasteiger partial charge in [0.05, 0.1) is 6.54 Å². The van der Waals surface area contributed by atoms with E-state index in [1.807, 2.05) is 20.8 Å². The van der Waals surface area contributed by atoms with Crippen LogP contribution in [0, 0.1) is 0 Å². The van der Waals surface area contributed by atoms with Crippen molar-refractivity contribution in [2.24, 2.45) is 4.99 Å². The lowest BCUT2D eigenvalue weighted by atomic mass is 10.1. The molecular formula is C24H33N5O4S. The summed E-state index contributed by atoms with van der Waals surface area (Å²) in [6.45, 7) is 7.74. The summed E-state index contributed by atoms with van der Waals surface area (Å²) in [4.78, 5) is 57.3. The Morgan fingerprint density at radius 2 is 1.79 bits per heavy atom. The van der Waals surface area contributed by atoms with Crippen LogP contribution in [0.1, 0.15) is 56.8 Å². The summed E-state index contributed by atoms with van der Waals surface area (Å²) in [5.41, 5.74) is 0.966. The lowest BCUT2D eigenvalue weighted by Gasteiger charge is -2.27. The molecule has 4 amide bonds. The molecule has 1 aromatic rings. The van der Waals surface area contributed by atoms with Gasteiger partial charge in [-0.3, -0.25) is 19.2 Å². The summed E-state index contributed by atoms with van der Waals surface area (Å²) in [7, 11) is 0. The van der Waals surface area contributed by atoms with Gasteiger partial charge in [0.15, 0.2) is 5.17 Å². The van der Waals surface area contributed by atoms with Gasteiger partial charge in [0, 0.05) is 43.3 Å². The van der Waals surface area contributed by atoms with Gasteiger partial charge in [-0.1, -0.05) is 11.8 Å². The third-order valence-electron chi connectivity index (χ3n) is 5.59. The fourth-order valence-electron chi connectivity index (χ4n) is 3.86. The van der Waals surface area contributed by atoms with Crippen molar-refractivity contribution >= 4 is 46.2 Å². The highest BCUT2D eigenvalue weighted by molar-refractivity contribution is 8.15. The Morgan fingerprint density at radius 1 is 1.12 bits per heavy atom. The molecular weight excluding hydrogens is 454 g/mol. The lowest BCUT2D eigenvalue weighted by Crippen LogP contribution is -2.42. The van der Waals surface area contributed by atoms with Gasteiger partial charge in [-0.05, 0) is 64.3 Å². The monoisotopic (exact) mass is 487 g/mol. The van der Waals surface area contributed by atoms with Crippen molar-refractivity contribution in [3.8, 4) is 0 Å². The molecule has 2 heterocycles. The number of aliphatic imine (C=N–C) groups is 1. The second-order valence-electron chi connectivity index (χ2n) is 8.76. The zero-order chi connectivity index (χ0) is 24.7. The lowest BCUT2D eigenvalue weighted by molar-refractivity contribution is -0.122. The van der Waals surface area contributed by atoms with Crippen LogP contribution in [0.15, 0.2) is 29.3 Å². The largest absolute Gasteiger partial charge is 0.352 e. The Bertz CT molecular complexity index is 941. The number of thioether (sulfide) groups is 1. The van der Waals surface area contributed by atoms with E-state index in [4.69, 9.17) is 0 Å². The predicted octanol–water partition coefficient (Wildman–Crippen LogP) is 2.49. The molecule has 1 fully saturated rings. The molecule has 1 atom stereocenters. The highest BCUT2D eigenvalue weighted by Crippen LogP contribution is 2.29. The maximum atomic E-state index is 12.8. The van der Waals surface area contributed by atoms with Crippen LogP contribution in [0.4, 0.5) is 5.69 Å². The average molecular weight is 488 g/mol. The third kappa shape index (κ3) is 7.06. The molecule has 1 saturated heterocycles. The summed E-state index contributed by atoms with van der Waals surface area (Å²) >= 11 is 1.37. The van der Waals surface area contributed by atoms with Gasteiger partial charge in [0.25, 0.3) is 11.8 Å². The van der Waals surface area contributed by atoms with Gasteiger partial charge in [0.2, 0.25) is 11.8 Å². The minimum Gasteiger partial charge on any atom is -0.352 e. The summed E-state index contributed by atoms with van der Waals surface area (Å²) < 4.78 is 0. The molecule has 2 N–H and O–H groups in total. The number of nitrogens with one attached hydrogen (secondary N) is 2. The molecule has 0 spiro atoms. The zero-order valence-corrected chi connectivity index (χ0v) is 20.8. The van der Waals surface area contributed by atoms with Gasteiger partial charge in [-0.15, -0.1) is 0 Å². The number of carbonyl (C=O) groups excluding carboxylic acids is 4. The molecule has 184 valence electrons. The molecule has 0 radical (unpaired) electrons. The molecule has 0 bridgehead atoms. The van der Waals surface area contributed by atoms with Crippen LogP contribution in [0.2, 0.25) is 0 Å². The quantitative estimate of drug-likeness (QED) is 0.583. The van der Waals surface area contributed by atoms with E-state index in [1.54, 1.807) is 24.3 Å². The molecule has 0 aliphatic carbocycles. The Kier molecular flexibility index (Phi) is 9.09. The summed E-state index contributed by atoms with van der Waals surface area (Å²) in [6.07, 6.45) is 3.43. The number of amidine groups is 1. The number of piperidine rings is 1. The maximum Gasteiger partial charge on any atom is 0.262 e. The number of anilines is 1. The summed E-state index contributed by atoms with van der Waals surface area (Å²) in [5.74, 6) is -1.00. The number of hydrogen-bond donors (Lipinski definition) is 2. The average Bonchev–Trinajstić information content (AvgIpc) is 3.17.